The fourth-order valence-electron chi connectivity index (χ4n) is 4.19. The molecule has 0 bridgehead atoms. The molecule has 4 aromatic carbocycles. The van der Waals surface area contributed by atoms with Crippen LogP contribution in [0.15, 0.2) is 60.7 Å². The normalized spacial score (nSPS) is 10.9. The predicted octanol–water partition coefficient (Wildman–Crippen LogP) is 7.92. The van der Waals surface area contributed by atoms with Crippen molar-refractivity contribution >= 4 is 17.1 Å². The van der Waals surface area contributed by atoms with E-state index in [0.717, 1.165) is 50.4 Å². The highest BCUT2D eigenvalue weighted by molar-refractivity contribution is 5.82. The molecule has 0 saturated heterocycles. The van der Waals surface area contributed by atoms with Crippen molar-refractivity contribution in [2.45, 2.75) is 41.5 Å². The Morgan fingerprint density at radius 1 is 0.600 bits per heavy atom. The molecule has 0 saturated carbocycles. The molecule has 3 N–H and O–H groups in total. The fourth-order valence-corrected chi connectivity index (χ4v) is 4.19. The van der Waals surface area contributed by atoms with Gasteiger partial charge in [-0.25, -0.2) is 0 Å². The van der Waals surface area contributed by atoms with Gasteiger partial charge >= 0.3 is 0 Å². The van der Waals surface area contributed by atoms with Gasteiger partial charge in [0.05, 0.1) is 0 Å². The van der Waals surface area contributed by atoms with Crippen LogP contribution in [0.25, 0.3) is 0 Å². The summed E-state index contributed by atoms with van der Waals surface area (Å²) in [4.78, 5) is 2.11. The summed E-state index contributed by atoms with van der Waals surface area (Å²) in [5, 5.41) is 30.6. The lowest BCUT2D eigenvalue weighted by atomic mass is 10.0. The molecule has 0 amide bonds. The Hall–Kier alpha value is -4.12. The van der Waals surface area contributed by atoms with Gasteiger partial charge in [-0.3, -0.25) is 0 Å². The molecular formula is C30H31NO4. The van der Waals surface area contributed by atoms with Crippen LogP contribution in [0.3, 0.4) is 0 Å². The molecule has 0 aromatic heterocycles. The number of phenols is 3. The number of aromatic hydroxyl groups is 3. The minimum absolute atomic E-state index is 0.159. The van der Waals surface area contributed by atoms with E-state index in [-0.39, 0.29) is 17.2 Å². The Labute approximate surface area is 206 Å². The minimum atomic E-state index is 0.159. The highest BCUT2D eigenvalue weighted by atomic mass is 16.5. The van der Waals surface area contributed by atoms with E-state index in [0.29, 0.717) is 11.5 Å². The molecule has 0 atom stereocenters. The van der Waals surface area contributed by atoms with Gasteiger partial charge in [-0.1, -0.05) is 6.07 Å². The van der Waals surface area contributed by atoms with E-state index in [9.17, 15) is 15.3 Å². The highest BCUT2D eigenvalue weighted by Gasteiger charge is 2.20. The summed E-state index contributed by atoms with van der Waals surface area (Å²) in [6.45, 7) is 11.6. The monoisotopic (exact) mass is 469 g/mol. The molecule has 0 heterocycles. The van der Waals surface area contributed by atoms with Crippen molar-refractivity contribution < 1.29 is 20.1 Å². The maximum Gasteiger partial charge on any atom is 0.134 e. The Balaban J connectivity index is 1.88. The lowest BCUT2D eigenvalue weighted by molar-refractivity contribution is 0.452. The van der Waals surface area contributed by atoms with Gasteiger partial charge in [-0.05, 0) is 117 Å². The van der Waals surface area contributed by atoms with Crippen molar-refractivity contribution in [1.82, 2.24) is 0 Å². The van der Waals surface area contributed by atoms with Gasteiger partial charge in [0.2, 0.25) is 0 Å². The summed E-state index contributed by atoms with van der Waals surface area (Å²) in [6, 6.07) is 18.5. The molecule has 4 aromatic rings. The Kier molecular flexibility index (Phi) is 6.35. The number of phenolic OH excluding ortho intramolecular Hbond substituents is 3. The van der Waals surface area contributed by atoms with Crippen LogP contribution in [0.1, 0.15) is 33.4 Å². The molecule has 0 spiro atoms. The SMILES string of the molecule is Cc1cc(N(c2cccc(Oc3cc(O)cc(C)c3C)c2)c2cc(C)c(O)cc2C)c(C)cc1O. The van der Waals surface area contributed by atoms with Crippen LogP contribution in [0.4, 0.5) is 17.1 Å². The van der Waals surface area contributed by atoms with E-state index in [1.165, 1.54) is 0 Å². The molecule has 35 heavy (non-hydrogen) atoms. The van der Waals surface area contributed by atoms with Crippen LogP contribution in [0.5, 0.6) is 28.7 Å². The van der Waals surface area contributed by atoms with Gasteiger partial charge in [-0.15, -0.1) is 0 Å². The number of hydrogen-bond donors (Lipinski definition) is 3. The second-order valence-corrected chi connectivity index (χ2v) is 9.17. The number of ether oxygens (including phenoxy) is 1. The third kappa shape index (κ3) is 4.76. The lowest BCUT2D eigenvalue weighted by Gasteiger charge is -2.30. The van der Waals surface area contributed by atoms with Gasteiger partial charge in [0.15, 0.2) is 0 Å². The number of aryl methyl sites for hydroxylation is 5. The van der Waals surface area contributed by atoms with Crippen molar-refractivity contribution in [2.75, 3.05) is 4.90 Å². The molecule has 0 radical (unpaired) electrons. The topological polar surface area (TPSA) is 73.2 Å². The number of rotatable bonds is 5. The van der Waals surface area contributed by atoms with Gasteiger partial charge in [-0.2, -0.15) is 0 Å². The molecule has 5 nitrogen and oxygen atoms in total. The Morgan fingerprint density at radius 2 is 1.17 bits per heavy atom. The van der Waals surface area contributed by atoms with E-state index in [2.05, 4.69) is 4.90 Å². The van der Waals surface area contributed by atoms with E-state index in [1.807, 2.05) is 77.9 Å². The summed E-state index contributed by atoms with van der Waals surface area (Å²) in [5.74, 6) is 1.88. The molecule has 180 valence electrons. The number of anilines is 3. The van der Waals surface area contributed by atoms with Crippen molar-refractivity contribution in [1.29, 1.82) is 0 Å². The molecule has 0 aliphatic heterocycles. The second kappa shape index (κ2) is 9.26. The zero-order valence-corrected chi connectivity index (χ0v) is 21.0. The summed E-state index contributed by atoms with van der Waals surface area (Å²) in [5.41, 5.74) is 7.93. The van der Waals surface area contributed by atoms with E-state index < -0.39 is 0 Å². The molecule has 0 aliphatic rings. The van der Waals surface area contributed by atoms with Gasteiger partial charge in [0.25, 0.3) is 0 Å². The molecule has 0 fully saturated rings. The standard InChI is InChI=1S/C30H31NO4/c1-17-10-24(32)16-30(22(17)6)35-25-9-7-8-23(15-25)31(26-11-20(4)28(33)13-18(26)2)27-12-21(5)29(34)14-19(27)3/h7-16,32-34H,1-6H3. The van der Waals surface area contributed by atoms with E-state index in [4.69, 9.17) is 4.74 Å². The van der Waals surface area contributed by atoms with E-state index >= 15 is 0 Å². The summed E-state index contributed by atoms with van der Waals surface area (Å²) in [7, 11) is 0. The minimum Gasteiger partial charge on any atom is -0.508 e. The third-order valence-electron chi connectivity index (χ3n) is 6.42. The second-order valence-electron chi connectivity index (χ2n) is 9.17. The molecule has 4 rings (SSSR count). The first kappa shape index (κ1) is 24.0. The summed E-state index contributed by atoms with van der Waals surface area (Å²) in [6.07, 6.45) is 0. The van der Waals surface area contributed by atoms with Crippen molar-refractivity contribution in [3.63, 3.8) is 0 Å². The van der Waals surface area contributed by atoms with Crippen molar-refractivity contribution in [3.8, 4) is 28.7 Å². The number of benzene rings is 4. The average molecular weight is 470 g/mol. The quantitative estimate of drug-likeness (QED) is 0.277. The van der Waals surface area contributed by atoms with Crippen LogP contribution in [-0.2, 0) is 0 Å². The molecule has 0 unspecified atom stereocenters. The van der Waals surface area contributed by atoms with Crippen LogP contribution in [0.2, 0.25) is 0 Å². The molecule has 5 heteroatoms. The number of hydrogen-bond acceptors (Lipinski definition) is 5. The molecule has 0 aliphatic carbocycles. The predicted molar refractivity (Wildman–Crippen MR) is 141 cm³/mol. The maximum absolute atomic E-state index is 10.3. The van der Waals surface area contributed by atoms with E-state index in [1.54, 1.807) is 24.3 Å². The van der Waals surface area contributed by atoms with Crippen LogP contribution in [-0.4, -0.2) is 15.3 Å². The van der Waals surface area contributed by atoms with Gasteiger partial charge in [0, 0.05) is 29.2 Å². The van der Waals surface area contributed by atoms with Crippen LogP contribution in [0, 0.1) is 41.5 Å². The van der Waals surface area contributed by atoms with Crippen molar-refractivity contribution in [2.24, 2.45) is 0 Å². The zero-order chi connectivity index (χ0) is 25.4. The molecular weight excluding hydrogens is 438 g/mol. The van der Waals surface area contributed by atoms with Gasteiger partial charge < -0.3 is 25.0 Å². The lowest BCUT2D eigenvalue weighted by Crippen LogP contribution is -2.13. The third-order valence-corrected chi connectivity index (χ3v) is 6.42. The smallest absolute Gasteiger partial charge is 0.134 e. The summed E-state index contributed by atoms with van der Waals surface area (Å²) < 4.78 is 6.21. The largest absolute Gasteiger partial charge is 0.508 e. The van der Waals surface area contributed by atoms with Gasteiger partial charge in [0.1, 0.15) is 28.7 Å². The van der Waals surface area contributed by atoms with Crippen LogP contribution >= 0.6 is 0 Å². The van der Waals surface area contributed by atoms with Crippen LogP contribution < -0.4 is 9.64 Å². The zero-order valence-electron chi connectivity index (χ0n) is 21.0. The number of nitrogens with zero attached hydrogens (tertiary/aromatic N) is 1. The first-order valence-corrected chi connectivity index (χ1v) is 11.5. The first-order valence-electron chi connectivity index (χ1n) is 11.5. The Bertz CT molecular complexity index is 1370. The Morgan fingerprint density at radius 3 is 1.74 bits per heavy atom. The van der Waals surface area contributed by atoms with Crippen molar-refractivity contribution in [3.05, 3.63) is 94.0 Å². The fraction of sp³-hybridized carbons (Fsp3) is 0.200. The summed E-state index contributed by atoms with van der Waals surface area (Å²) >= 11 is 0. The maximum atomic E-state index is 10.3. The first-order chi connectivity index (χ1) is 16.5. The highest BCUT2D eigenvalue weighted by Crippen LogP contribution is 2.43. The average Bonchev–Trinajstić information content (AvgIpc) is 2.79.